The smallest absolute Gasteiger partial charge is 0.324 e. The molecule has 7 heteroatoms. The number of ether oxygens (including phenoxy) is 1. The summed E-state index contributed by atoms with van der Waals surface area (Å²) in [7, 11) is -1.97. The van der Waals surface area contributed by atoms with Gasteiger partial charge in [-0.1, -0.05) is 0 Å². The zero-order valence-corrected chi connectivity index (χ0v) is 15.1. The Hall–Kier alpha value is 0.234. The summed E-state index contributed by atoms with van der Waals surface area (Å²) in [5.41, 5.74) is 0. The molecule has 3 unspecified atom stereocenters. The lowest BCUT2D eigenvalue weighted by molar-refractivity contribution is -0.0303. The highest BCUT2D eigenvalue weighted by Crippen LogP contribution is 2.20. The van der Waals surface area contributed by atoms with Gasteiger partial charge in [0.05, 0.1) is 12.7 Å². The number of rotatable bonds is 10. The van der Waals surface area contributed by atoms with Crippen LogP contribution in [0.25, 0.3) is 0 Å². The third-order valence-corrected chi connectivity index (χ3v) is 9.02. The van der Waals surface area contributed by atoms with E-state index in [9.17, 15) is 5.11 Å². The number of hydrogen-bond donors (Lipinski definition) is 2. The summed E-state index contributed by atoms with van der Waals surface area (Å²) >= 11 is 0. The lowest BCUT2D eigenvalue weighted by Crippen LogP contribution is -2.46. The average Bonchev–Trinajstić information content (AvgIpc) is 2.25. The monoisotopic (exact) mass is 310 g/mol. The Kier molecular flexibility index (Phi) is 8.61. The van der Waals surface area contributed by atoms with Crippen LogP contribution in [-0.2, 0) is 13.3 Å². The molecule has 0 fully saturated rings. The molecule has 0 saturated heterocycles. The van der Waals surface area contributed by atoms with Gasteiger partial charge >= 0.3 is 8.56 Å². The summed E-state index contributed by atoms with van der Waals surface area (Å²) < 4.78 is 17.1. The Labute approximate surface area is 119 Å². The Morgan fingerprint density at radius 2 is 1.68 bits per heavy atom. The molecular weight excluding hydrogens is 280 g/mol. The fraction of sp³-hybridized carbons (Fsp3) is 1.00. The fourth-order valence-corrected chi connectivity index (χ4v) is 8.59. The lowest BCUT2D eigenvalue weighted by Gasteiger charge is -2.32. The van der Waals surface area contributed by atoms with Gasteiger partial charge in [-0.15, -0.1) is 0 Å². The maximum absolute atomic E-state index is 9.37. The Morgan fingerprint density at radius 3 is 2.11 bits per heavy atom. The summed E-state index contributed by atoms with van der Waals surface area (Å²) in [5, 5.41) is 18.5. The Balaban J connectivity index is 3.90. The molecule has 116 valence electrons. The van der Waals surface area contributed by atoms with Crippen LogP contribution in [0.3, 0.4) is 0 Å². The summed E-state index contributed by atoms with van der Waals surface area (Å²) in [4.78, 5) is 0. The van der Waals surface area contributed by atoms with Crippen LogP contribution in [-0.4, -0.2) is 59.6 Å². The van der Waals surface area contributed by atoms with E-state index in [0.717, 1.165) is 12.5 Å². The van der Waals surface area contributed by atoms with Crippen LogP contribution in [0.5, 0.6) is 0 Å². The largest absolute Gasteiger partial charge is 0.436 e. The van der Waals surface area contributed by atoms with Crippen LogP contribution in [0.2, 0.25) is 32.2 Å². The Morgan fingerprint density at radius 1 is 1.11 bits per heavy atom. The van der Waals surface area contributed by atoms with Crippen molar-refractivity contribution in [3.05, 3.63) is 0 Å². The van der Waals surface area contributed by atoms with Crippen molar-refractivity contribution in [2.24, 2.45) is 0 Å². The van der Waals surface area contributed by atoms with E-state index in [-0.39, 0.29) is 6.61 Å². The van der Waals surface area contributed by atoms with Gasteiger partial charge in [-0.2, -0.15) is 0 Å². The van der Waals surface area contributed by atoms with Gasteiger partial charge in [0.15, 0.2) is 8.32 Å². The van der Waals surface area contributed by atoms with Crippen molar-refractivity contribution in [3.8, 4) is 0 Å². The zero-order valence-electron chi connectivity index (χ0n) is 13.1. The van der Waals surface area contributed by atoms with E-state index in [1.165, 1.54) is 0 Å². The first-order valence-electron chi connectivity index (χ1n) is 6.79. The highest BCUT2D eigenvalue weighted by molar-refractivity contribution is 6.81. The van der Waals surface area contributed by atoms with Crippen LogP contribution >= 0.6 is 0 Å². The van der Waals surface area contributed by atoms with Gasteiger partial charge in [0, 0.05) is 13.7 Å². The summed E-state index contributed by atoms with van der Waals surface area (Å²) in [6.07, 6.45) is -0.730. The first-order valence-corrected chi connectivity index (χ1v) is 12.7. The summed E-state index contributed by atoms with van der Waals surface area (Å²) in [6.45, 7) is 10.8. The maximum Gasteiger partial charge on any atom is 0.324 e. The molecule has 0 amide bonds. The highest BCUT2D eigenvalue weighted by atomic mass is 28.4. The molecule has 0 aromatic rings. The minimum atomic E-state index is -2.09. The average molecular weight is 311 g/mol. The predicted octanol–water partition coefficient (Wildman–Crippen LogP) is 1.70. The predicted molar refractivity (Wildman–Crippen MR) is 81.0 cm³/mol. The molecule has 0 rings (SSSR count). The molecule has 0 bridgehead atoms. The van der Waals surface area contributed by atoms with Crippen molar-refractivity contribution >= 4 is 16.9 Å². The molecule has 0 radical (unpaired) electrons. The third-order valence-electron chi connectivity index (χ3n) is 2.72. The number of aliphatic hydroxyl groups is 2. The second-order valence-electron chi connectivity index (χ2n) is 6.04. The minimum absolute atomic E-state index is 0.164. The molecule has 0 aromatic heterocycles. The Bertz CT molecular complexity index is 245. The molecule has 0 aliphatic heterocycles. The molecule has 2 N–H and O–H groups in total. The SMILES string of the molecule is CO[Si](C)(CCCOCC(O)C(C)O)O[Si](C)(C)C. The topological polar surface area (TPSA) is 68.2 Å². The van der Waals surface area contributed by atoms with Gasteiger partial charge in [0.2, 0.25) is 0 Å². The lowest BCUT2D eigenvalue weighted by atomic mass is 10.2. The molecule has 0 aliphatic carbocycles. The van der Waals surface area contributed by atoms with Crippen molar-refractivity contribution in [1.29, 1.82) is 0 Å². The van der Waals surface area contributed by atoms with Crippen LogP contribution < -0.4 is 0 Å². The molecule has 0 aliphatic rings. The first-order chi connectivity index (χ1) is 8.59. The van der Waals surface area contributed by atoms with E-state index in [1.807, 2.05) is 0 Å². The second-order valence-corrected chi connectivity index (χ2v) is 14.3. The summed E-state index contributed by atoms with van der Waals surface area (Å²) in [6, 6.07) is 0.874. The van der Waals surface area contributed by atoms with Crippen LogP contribution in [0.1, 0.15) is 13.3 Å². The van der Waals surface area contributed by atoms with E-state index < -0.39 is 29.1 Å². The van der Waals surface area contributed by atoms with E-state index in [2.05, 4.69) is 26.2 Å². The second kappa shape index (κ2) is 8.50. The summed E-state index contributed by atoms with van der Waals surface area (Å²) in [5.74, 6) is 0. The number of aliphatic hydroxyl groups excluding tert-OH is 2. The van der Waals surface area contributed by atoms with E-state index in [0.29, 0.717) is 6.61 Å². The minimum Gasteiger partial charge on any atom is -0.436 e. The molecule has 0 heterocycles. The van der Waals surface area contributed by atoms with Crippen molar-refractivity contribution in [2.45, 2.75) is 57.8 Å². The van der Waals surface area contributed by atoms with E-state index >= 15 is 0 Å². The zero-order chi connectivity index (χ0) is 15.1. The van der Waals surface area contributed by atoms with Crippen molar-refractivity contribution in [2.75, 3.05) is 20.3 Å². The van der Waals surface area contributed by atoms with Gasteiger partial charge in [-0.05, 0) is 45.6 Å². The quantitative estimate of drug-likeness (QED) is 0.475. The van der Waals surface area contributed by atoms with Crippen molar-refractivity contribution in [3.63, 3.8) is 0 Å². The standard InChI is InChI=1S/C12H30O5Si2/c1-11(13)12(14)10-16-8-7-9-19(6,15-2)17-18(3,4)5/h11-14H,7-10H2,1-6H3. The molecule has 19 heavy (non-hydrogen) atoms. The van der Waals surface area contributed by atoms with Gasteiger partial charge in [-0.25, -0.2) is 0 Å². The first kappa shape index (κ1) is 19.2. The maximum atomic E-state index is 9.37. The molecule has 0 saturated carbocycles. The van der Waals surface area contributed by atoms with Gasteiger partial charge < -0.3 is 23.5 Å². The van der Waals surface area contributed by atoms with E-state index in [4.69, 9.17) is 18.4 Å². The van der Waals surface area contributed by atoms with Crippen molar-refractivity contribution in [1.82, 2.24) is 0 Å². The molecule has 5 nitrogen and oxygen atoms in total. The van der Waals surface area contributed by atoms with Crippen LogP contribution in [0, 0.1) is 0 Å². The fourth-order valence-electron chi connectivity index (χ4n) is 1.68. The molecule has 0 spiro atoms. The molecule has 0 aromatic carbocycles. The molecule has 3 atom stereocenters. The van der Waals surface area contributed by atoms with Gasteiger partial charge in [-0.3, -0.25) is 0 Å². The van der Waals surface area contributed by atoms with Crippen LogP contribution in [0.15, 0.2) is 0 Å². The van der Waals surface area contributed by atoms with Crippen molar-refractivity contribution < 1.29 is 23.5 Å². The molecular formula is C12H30O5Si2. The van der Waals surface area contributed by atoms with Gasteiger partial charge in [0.25, 0.3) is 0 Å². The van der Waals surface area contributed by atoms with E-state index in [1.54, 1.807) is 14.0 Å². The van der Waals surface area contributed by atoms with Gasteiger partial charge in [0.1, 0.15) is 6.10 Å². The highest BCUT2D eigenvalue weighted by Gasteiger charge is 2.35. The van der Waals surface area contributed by atoms with Crippen LogP contribution in [0.4, 0.5) is 0 Å². The normalized spacial score (nSPS) is 18.9. The number of hydrogen-bond acceptors (Lipinski definition) is 5. The third kappa shape index (κ3) is 9.72.